The number of methoxy groups -OCH3 is 1. The van der Waals surface area contributed by atoms with Gasteiger partial charge in [0.05, 0.1) is 7.11 Å². The topological polar surface area (TPSA) is 35.5 Å². The third-order valence-electron chi connectivity index (χ3n) is 5.80. The molecule has 0 spiro atoms. The van der Waals surface area contributed by atoms with E-state index in [2.05, 4.69) is 0 Å². The van der Waals surface area contributed by atoms with Crippen LogP contribution < -0.4 is 9.47 Å². The molecule has 0 saturated carbocycles. The maximum Gasteiger partial charge on any atom is 0.431 e. The summed E-state index contributed by atoms with van der Waals surface area (Å²) in [7, 11) is 1.37. The lowest BCUT2D eigenvalue weighted by Crippen LogP contribution is -2.39. The van der Waals surface area contributed by atoms with Crippen molar-refractivity contribution >= 4 is 5.78 Å². The molecule has 1 atom stereocenters. The summed E-state index contributed by atoms with van der Waals surface area (Å²) in [6.07, 6.45) is -5.19. The fraction of sp³-hybridized carbons (Fsp3) is 0.138. The Morgan fingerprint density at radius 3 is 1.42 bits per heavy atom. The molecule has 36 heavy (non-hydrogen) atoms. The highest BCUT2D eigenvalue weighted by Crippen LogP contribution is 2.48. The van der Waals surface area contributed by atoms with Crippen molar-refractivity contribution in [2.75, 3.05) is 7.11 Å². The molecule has 4 rings (SSSR count). The van der Waals surface area contributed by atoms with Crippen LogP contribution in [0.2, 0.25) is 0 Å². The molecule has 0 aliphatic carbocycles. The highest BCUT2D eigenvalue weighted by molar-refractivity contribution is 6.09. The van der Waals surface area contributed by atoms with E-state index in [0.717, 1.165) is 29.8 Å². The average Bonchev–Trinajstić information content (AvgIpc) is 2.88. The second-order valence-electron chi connectivity index (χ2n) is 8.23. The van der Waals surface area contributed by atoms with Crippen LogP contribution in [0.5, 0.6) is 17.2 Å². The van der Waals surface area contributed by atoms with Gasteiger partial charge in [0.2, 0.25) is 0 Å². The van der Waals surface area contributed by atoms with E-state index in [1.807, 2.05) is 19.1 Å². The molecule has 4 aromatic rings. The number of rotatable bonds is 7. The lowest BCUT2D eigenvalue weighted by atomic mass is 9.87. The Hall–Kier alpha value is -4.13. The van der Waals surface area contributed by atoms with Gasteiger partial charge in [0.1, 0.15) is 17.2 Å². The summed E-state index contributed by atoms with van der Waals surface area (Å²) >= 11 is 0. The van der Waals surface area contributed by atoms with E-state index in [1.165, 1.54) is 31.4 Å². The molecule has 3 nitrogen and oxygen atoms in total. The molecule has 0 aromatic heterocycles. The quantitative estimate of drug-likeness (QED) is 0.194. The van der Waals surface area contributed by atoms with Gasteiger partial charge in [0.25, 0.3) is 5.67 Å². The predicted octanol–water partition coefficient (Wildman–Crippen LogP) is 7.80. The minimum Gasteiger partial charge on any atom is -0.497 e. The van der Waals surface area contributed by atoms with E-state index < -0.39 is 23.0 Å². The summed E-state index contributed by atoms with van der Waals surface area (Å²) in [5.74, 6) is 0.769. The van der Waals surface area contributed by atoms with Crippen LogP contribution in [0.3, 0.4) is 0 Å². The Kier molecular flexibility index (Phi) is 6.84. The fourth-order valence-electron chi connectivity index (χ4n) is 3.75. The third-order valence-corrected chi connectivity index (χ3v) is 5.80. The van der Waals surface area contributed by atoms with E-state index in [0.29, 0.717) is 22.6 Å². The lowest BCUT2D eigenvalue weighted by molar-refractivity contribution is -0.219. The van der Waals surface area contributed by atoms with Crippen molar-refractivity contribution in [3.8, 4) is 17.2 Å². The van der Waals surface area contributed by atoms with Crippen LogP contribution in [0, 0.1) is 6.92 Å². The molecule has 0 amide bonds. The van der Waals surface area contributed by atoms with Crippen LogP contribution in [0.1, 0.15) is 32.6 Å². The van der Waals surface area contributed by atoms with E-state index in [-0.39, 0.29) is 11.5 Å². The van der Waals surface area contributed by atoms with Gasteiger partial charge in [-0.2, -0.15) is 13.2 Å². The molecule has 184 valence electrons. The van der Waals surface area contributed by atoms with Crippen LogP contribution in [0.15, 0.2) is 97.1 Å². The number of ether oxygens (including phenoxy) is 2. The van der Waals surface area contributed by atoms with Crippen molar-refractivity contribution < 1.29 is 31.8 Å². The summed E-state index contributed by atoms with van der Waals surface area (Å²) in [5.41, 5.74) is -2.78. The summed E-state index contributed by atoms with van der Waals surface area (Å²) in [6, 6.07) is 22.9. The lowest BCUT2D eigenvalue weighted by Gasteiger charge is -2.29. The van der Waals surface area contributed by atoms with Gasteiger partial charge in [-0.15, -0.1) is 0 Å². The second-order valence-corrected chi connectivity index (χ2v) is 8.23. The third kappa shape index (κ3) is 4.96. The zero-order chi connectivity index (χ0) is 25.9. The van der Waals surface area contributed by atoms with Gasteiger partial charge in [-0.1, -0.05) is 54.1 Å². The van der Waals surface area contributed by atoms with Crippen molar-refractivity contribution in [1.29, 1.82) is 0 Å². The normalized spacial score (nSPS) is 13.1. The Balaban J connectivity index is 1.53. The summed E-state index contributed by atoms with van der Waals surface area (Å²) < 4.78 is 67.9. The first kappa shape index (κ1) is 25.0. The summed E-state index contributed by atoms with van der Waals surface area (Å²) in [6.45, 7) is 1.93. The molecule has 0 bridgehead atoms. The Morgan fingerprint density at radius 1 is 0.611 bits per heavy atom. The highest BCUT2D eigenvalue weighted by atomic mass is 19.4. The van der Waals surface area contributed by atoms with Gasteiger partial charge in [-0.25, -0.2) is 4.39 Å². The Labute approximate surface area is 205 Å². The van der Waals surface area contributed by atoms with Crippen molar-refractivity contribution in [3.05, 3.63) is 125 Å². The highest BCUT2D eigenvalue weighted by Gasteiger charge is 2.58. The standard InChI is InChI=1S/C29H22F4O3/c1-19-3-5-20(6-4-19)27(34)21-7-13-25(14-8-21)36-26-17-11-23(12-18-26)28(30,29(31,32)33)22-9-15-24(35-2)16-10-22/h3-18H,1-2H3. The number of carbonyl (C=O) groups excluding carboxylic acids is 1. The summed E-state index contributed by atoms with van der Waals surface area (Å²) in [5, 5.41) is 0. The van der Waals surface area contributed by atoms with Crippen molar-refractivity contribution in [1.82, 2.24) is 0 Å². The number of carbonyl (C=O) groups is 1. The molecule has 0 radical (unpaired) electrons. The monoisotopic (exact) mass is 494 g/mol. The smallest absolute Gasteiger partial charge is 0.431 e. The molecular weight excluding hydrogens is 472 g/mol. The van der Waals surface area contributed by atoms with E-state index in [4.69, 9.17) is 9.47 Å². The molecule has 0 aliphatic rings. The zero-order valence-corrected chi connectivity index (χ0v) is 19.5. The fourth-order valence-corrected chi connectivity index (χ4v) is 3.75. The number of aryl methyl sites for hydroxylation is 1. The first-order valence-corrected chi connectivity index (χ1v) is 11.0. The molecular formula is C29H22F4O3. The zero-order valence-electron chi connectivity index (χ0n) is 19.5. The van der Waals surface area contributed by atoms with Crippen LogP contribution in [-0.2, 0) is 5.67 Å². The van der Waals surface area contributed by atoms with E-state index in [1.54, 1.807) is 36.4 Å². The number of hydrogen-bond acceptors (Lipinski definition) is 3. The minimum atomic E-state index is -5.19. The number of benzene rings is 4. The number of alkyl halides is 4. The number of halogens is 4. The predicted molar refractivity (Wildman–Crippen MR) is 129 cm³/mol. The minimum absolute atomic E-state index is 0.143. The first-order chi connectivity index (χ1) is 17.1. The largest absolute Gasteiger partial charge is 0.497 e. The van der Waals surface area contributed by atoms with Gasteiger partial charge < -0.3 is 9.47 Å². The molecule has 0 saturated heterocycles. The summed E-state index contributed by atoms with van der Waals surface area (Å²) in [4.78, 5) is 12.6. The average molecular weight is 494 g/mol. The number of hydrogen-bond donors (Lipinski definition) is 0. The van der Waals surface area contributed by atoms with E-state index in [9.17, 15) is 18.0 Å². The van der Waals surface area contributed by atoms with Gasteiger partial charge in [-0.05, 0) is 55.5 Å². The van der Waals surface area contributed by atoms with Gasteiger partial charge in [-0.3, -0.25) is 4.79 Å². The van der Waals surface area contributed by atoms with Crippen LogP contribution in [0.4, 0.5) is 17.6 Å². The molecule has 0 fully saturated rings. The molecule has 7 heteroatoms. The van der Waals surface area contributed by atoms with Gasteiger partial charge in [0.15, 0.2) is 5.78 Å². The maximum absolute atomic E-state index is 15.6. The first-order valence-electron chi connectivity index (χ1n) is 11.0. The van der Waals surface area contributed by atoms with Crippen LogP contribution in [0.25, 0.3) is 0 Å². The van der Waals surface area contributed by atoms with Crippen molar-refractivity contribution in [2.45, 2.75) is 18.8 Å². The molecule has 1 unspecified atom stereocenters. The molecule has 0 heterocycles. The van der Waals surface area contributed by atoms with Gasteiger partial charge in [0, 0.05) is 22.3 Å². The van der Waals surface area contributed by atoms with E-state index >= 15 is 4.39 Å². The van der Waals surface area contributed by atoms with Crippen LogP contribution in [-0.4, -0.2) is 19.1 Å². The van der Waals surface area contributed by atoms with Crippen molar-refractivity contribution in [2.24, 2.45) is 0 Å². The molecule has 0 N–H and O–H groups in total. The Bertz CT molecular complexity index is 1330. The number of ketones is 1. The SMILES string of the molecule is COc1ccc(C(F)(c2ccc(Oc3ccc(C(=O)c4ccc(C)cc4)cc3)cc2)C(F)(F)F)cc1. The van der Waals surface area contributed by atoms with Crippen LogP contribution >= 0.6 is 0 Å². The van der Waals surface area contributed by atoms with Crippen molar-refractivity contribution in [3.63, 3.8) is 0 Å². The molecule has 4 aromatic carbocycles. The molecule has 0 aliphatic heterocycles. The Morgan fingerprint density at radius 2 is 1.00 bits per heavy atom. The maximum atomic E-state index is 15.6. The van der Waals surface area contributed by atoms with Gasteiger partial charge >= 0.3 is 6.18 Å². The second kappa shape index (κ2) is 9.85.